The van der Waals surface area contributed by atoms with Gasteiger partial charge in [-0.15, -0.1) is 5.10 Å². The molecule has 0 radical (unpaired) electrons. The van der Waals surface area contributed by atoms with Crippen LogP contribution < -0.4 is 5.69 Å². The quantitative estimate of drug-likeness (QED) is 0.791. The van der Waals surface area contributed by atoms with Crippen molar-refractivity contribution in [3.8, 4) is 0 Å². The molecule has 2 aromatic rings. The van der Waals surface area contributed by atoms with Gasteiger partial charge in [-0.05, 0) is 17.6 Å². The molecule has 0 unspecified atom stereocenters. The van der Waals surface area contributed by atoms with Crippen LogP contribution in [0.1, 0.15) is 4.88 Å². The third-order valence-corrected chi connectivity index (χ3v) is 3.68. The molecular weight excluding hydrogens is 220 g/mol. The first-order valence-electron chi connectivity index (χ1n) is 3.91. The highest BCUT2D eigenvalue weighted by Crippen LogP contribution is 2.20. The molecule has 7 heteroatoms. The Morgan fingerprint density at radius 1 is 1.71 bits per heavy atom. The molecule has 2 rings (SSSR count). The van der Waals surface area contributed by atoms with Crippen LogP contribution in [0.4, 0.5) is 0 Å². The summed E-state index contributed by atoms with van der Waals surface area (Å²) in [5, 5.41) is 6.98. The van der Waals surface area contributed by atoms with Crippen molar-refractivity contribution in [3.63, 3.8) is 0 Å². The van der Waals surface area contributed by atoms with Crippen LogP contribution in [0.3, 0.4) is 0 Å². The zero-order valence-electron chi connectivity index (χ0n) is 7.43. The number of H-pyrrole nitrogens is 1. The summed E-state index contributed by atoms with van der Waals surface area (Å²) >= 11 is 2.98. The first-order valence-corrected chi connectivity index (χ1v) is 5.67. The fraction of sp³-hybridized carbons (Fsp3) is 0.286. The predicted molar refractivity (Wildman–Crippen MR) is 55.5 cm³/mol. The maximum Gasteiger partial charge on any atom is 0.343 e. The van der Waals surface area contributed by atoms with Crippen molar-refractivity contribution < 1.29 is 0 Å². The highest BCUT2D eigenvalue weighted by molar-refractivity contribution is 7.98. The second-order valence-electron chi connectivity index (χ2n) is 2.64. The Kier molecular flexibility index (Phi) is 2.69. The predicted octanol–water partition coefficient (Wildman–Crippen LogP) is 0.857. The minimum absolute atomic E-state index is 0.184. The van der Waals surface area contributed by atoms with Crippen LogP contribution in [0, 0.1) is 0 Å². The molecule has 0 aliphatic rings. The van der Waals surface area contributed by atoms with Crippen LogP contribution >= 0.6 is 23.3 Å². The SMILES string of the molecule is Cn1c(SCc2ccns2)n[nH]c1=O. The molecular formula is C7H8N4OS2. The zero-order chi connectivity index (χ0) is 9.97. The van der Waals surface area contributed by atoms with Gasteiger partial charge >= 0.3 is 5.69 Å². The van der Waals surface area contributed by atoms with Crippen molar-refractivity contribution in [1.82, 2.24) is 19.1 Å². The second-order valence-corrected chi connectivity index (χ2v) is 4.50. The molecule has 1 N–H and O–H groups in total. The van der Waals surface area contributed by atoms with Gasteiger partial charge in [-0.3, -0.25) is 4.57 Å². The molecule has 0 aromatic carbocycles. The molecule has 0 amide bonds. The van der Waals surface area contributed by atoms with Gasteiger partial charge in [0, 0.05) is 23.9 Å². The number of aromatic nitrogens is 4. The van der Waals surface area contributed by atoms with Crippen LogP contribution in [0.5, 0.6) is 0 Å². The van der Waals surface area contributed by atoms with Crippen molar-refractivity contribution in [1.29, 1.82) is 0 Å². The minimum atomic E-state index is -0.184. The number of nitrogens with zero attached hydrogens (tertiary/aromatic N) is 3. The second kappa shape index (κ2) is 3.97. The van der Waals surface area contributed by atoms with E-state index in [0.717, 1.165) is 5.75 Å². The average Bonchev–Trinajstić information content (AvgIpc) is 2.77. The van der Waals surface area contributed by atoms with Crippen LogP contribution in [0.2, 0.25) is 0 Å². The normalized spacial score (nSPS) is 10.6. The number of aromatic amines is 1. The number of nitrogens with one attached hydrogen (secondary N) is 1. The molecule has 14 heavy (non-hydrogen) atoms. The highest BCUT2D eigenvalue weighted by atomic mass is 32.2. The van der Waals surface area contributed by atoms with E-state index in [9.17, 15) is 4.79 Å². The van der Waals surface area contributed by atoms with E-state index in [2.05, 4.69) is 14.6 Å². The van der Waals surface area contributed by atoms with Crippen molar-refractivity contribution in [3.05, 3.63) is 27.6 Å². The summed E-state index contributed by atoms with van der Waals surface area (Å²) in [5.74, 6) is 0.794. The van der Waals surface area contributed by atoms with Crippen LogP contribution in [0.15, 0.2) is 22.2 Å². The largest absolute Gasteiger partial charge is 0.343 e. The van der Waals surface area contributed by atoms with Crippen LogP contribution in [-0.2, 0) is 12.8 Å². The monoisotopic (exact) mass is 228 g/mol. The molecule has 74 valence electrons. The Hall–Kier alpha value is -1.08. The molecule has 2 heterocycles. The van der Waals surface area contributed by atoms with Gasteiger partial charge in [-0.25, -0.2) is 14.3 Å². The van der Waals surface area contributed by atoms with E-state index in [1.54, 1.807) is 13.2 Å². The van der Waals surface area contributed by atoms with E-state index < -0.39 is 0 Å². The molecule has 0 aliphatic heterocycles. The van der Waals surface area contributed by atoms with Gasteiger partial charge in [0.1, 0.15) is 0 Å². The summed E-state index contributed by atoms with van der Waals surface area (Å²) in [6, 6.07) is 1.96. The maximum atomic E-state index is 11.0. The summed E-state index contributed by atoms with van der Waals surface area (Å²) in [5.41, 5.74) is -0.184. The molecule has 0 atom stereocenters. The lowest BCUT2D eigenvalue weighted by Gasteiger charge is -1.96. The summed E-state index contributed by atoms with van der Waals surface area (Å²) in [6.45, 7) is 0. The first kappa shape index (κ1) is 9.47. The first-order chi connectivity index (χ1) is 6.77. The van der Waals surface area contributed by atoms with Crippen LogP contribution in [0.25, 0.3) is 0 Å². The summed E-state index contributed by atoms with van der Waals surface area (Å²) in [4.78, 5) is 12.2. The molecule has 2 aromatic heterocycles. The fourth-order valence-electron chi connectivity index (χ4n) is 0.914. The molecule has 0 aliphatic carbocycles. The van der Waals surface area contributed by atoms with Gasteiger partial charge in [-0.2, -0.15) is 0 Å². The maximum absolute atomic E-state index is 11.0. The lowest BCUT2D eigenvalue weighted by atomic mass is 10.6. The number of thioether (sulfide) groups is 1. The minimum Gasteiger partial charge on any atom is -0.273 e. The zero-order valence-corrected chi connectivity index (χ0v) is 9.06. The smallest absolute Gasteiger partial charge is 0.273 e. The molecule has 0 saturated carbocycles. The molecule has 0 bridgehead atoms. The average molecular weight is 228 g/mol. The van der Waals surface area contributed by atoms with E-state index in [1.807, 2.05) is 6.07 Å². The van der Waals surface area contributed by atoms with Gasteiger partial charge in [0.05, 0.1) is 0 Å². The Balaban J connectivity index is 2.05. The lowest BCUT2D eigenvalue weighted by Crippen LogP contribution is -2.12. The van der Waals surface area contributed by atoms with E-state index in [4.69, 9.17) is 0 Å². The number of rotatable bonds is 3. The van der Waals surface area contributed by atoms with Gasteiger partial charge in [-0.1, -0.05) is 11.8 Å². The number of hydrogen-bond donors (Lipinski definition) is 1. The molecule has 0 saturated heterocycles. The van der Waals surface area contributed by atoms with Crippen molar-refractivity contribution >= 4 is 23.3 Å². The Morgan fingerprint density at radius 2 is 2.57 bits per heavy atom. The fourth-order valence-corrected chi connectivity index (χ4v) is 2.43. The van der Waals surface area contributed by atoms with E-state index in [-0.39, 0.29) is 5.69 Å². The summed E-state index contributed by atoms with van der Waals surface area (Å²) in [6.07, 6.45) is 1.77. The molecule has 0 spiro atoms. The van der Waals surface area contributed by atoms with Crippen molar-refractivity contribution in [2.45, 2.75) is 10.9 Å². The Morgan fingerprint density at radius 3 is 3.14 bits per heavy atom. The van der Waals surface area contributed by atoms with Crippen LogP contribution in [-0.4, -0.2) is 19.1 Å². The number of hydrogen-bond acceptors (Lipinski definition) is 5. The van der Waals surface area contributed by atoms with Gasteiger partial charge in [0.2, 0.25) is 0 Å². The van der Waals surface area contributed by atoms with Crippen molar-refractivity contribution in [2.24, 2.45) is 7.05 Å². The van der Waals surface area contributed by atoms with Crippen molar-refractivity contribution in [2.75, 3.05) is 0 Å². The summed E-state index contributed by atoms with van der Waals surface area (Å²) in [7, 11) is 1.70. The highest BCUT2D eigenvalue weighted by Gasteiger charge is 2.05. The van der Waals surface area contributed by atoms with E-state index in [1.165, 1.54) is 32.7 Å². The van der Waals surface area contributed by atoms with Gasteiger partial charge in [0.25, 0.3) is 0 Å². The summed E-state index contributed by atoms with van der Waals surface area (Å²) < 4.78 is 5.49. The van der Waals surface area contributed by atoms with E-state index >= 15 is 0 Å². The topological polar surface area (TPSA) is 63.6 Å². The molecule has 0 fully saturated rings. The standard InChI is InChI=1S/C7H8N4OS2/c1-11-6(12)9-10-7(11)13-4-5-2-3-8-14-5/h2-3H,4H2,1H3,(H,9,12). The molecule has 5 nitrogen and oxygen atoms in total. The Bertz CT molecular complexity index is 458. The lowest BCUT2D eigenvalue weighted by molar-refractivity contribution is 0.766. The third kappa shape index (κ3) is 1.88. The van der Waals surface area contributed by atoms with E-state index in [0.29, 0.717) is 5.16 Å². The van der Waals surface area contributed by atoms with Gasteiger partial charge in [0.15, 0.2) is 5.16 Å². The van der Waals surface area contributed by atoms with Gasteiger partial charge < -0.3 is 0 Å². The Labute approximate surface area is 88.3 Å². The third-order valence-electron chi connectivity index (χ3n) is 1.67.